The summed E-state index contributed by atoms with van der Waals surface area (Å²) >= 11 is 6.08. The van der Waals surface area contributed by atoms with E-state index in [1.165, 1.54) is 0 Å². The fourth-order valence-electron chi connectivity index (χ4n) is 2.74. The van der Waals surface area contributed by atoms with Gasteiger partial charge in [-0.15, -0.1) is 0 Å². The summed E-state index contributed by atoms with van der Waals surface area (Å²) in [6, 6.07) is 16.4. The van der Waals surface area contributed by atoms with E-state index in [-0.39, 0.29) is 18.2 Å². The van der Waals surface area contributed by atoms with Gasteiger partial charge in [0.25, 0.3) is 0 Å². The highest BCUT2D eigenvalue weighted by atomic mass is 35.5. The van der Waals surface area contributed by atoms with Crippen molar-refractivity contribution in [2.75, 3.05) is 6.54 Å². The van der Waals surface area contributed by atoms with Crippen molar-refractivity contribution >= 4 is 23.4 Å². The number of nitrogens with zero attached hydrogens (tertiary/aromatic N) is 1. The Hall–Kier alpha value is -2.33. The lowest BCUT2D eigenvalue weighted by atomic mass is 10.1. The SMILES string of the molecule is CC(C)CNC(=O)[C@H](C)N(Cc1cccc(Cl)c1)C(=O)Cc1ccccc1. The fraction of sp³-hybridized carbons (Fsp3) is 0.364. The van der Waals surface area contributed by atoms with Crippen molar-refractivity contribution in [3.63, 3.8) is 0 Å². The predicted octanol–water partition coefficient (Wildman–Crippen LogP) is 4.07. The van der Waals surface area contributed by atoms with E-state index in [2.05, 4.69) is 5.32 Å². The molecule has 4 nitrogen and oxygen atoms in total. The molecule has 0 aliphatic heterocycles. The highest BCUT2D eigenvalue weighted by molar-refractivity contribution is 6.30. The summed E-state index contributed by atoms with van der Waals surface area (Å²) < 4.78 is 0. The van der Waals surface area contributed by atoms with Crippen molar-refractivity contribution in [2.24, 2.45) is 5.92 Å². The molecular weight excluding hydrogens is 360 g/mol. The normalized spacial score (nSPS) is 11.9. The quantitative estimate of drug-likeness (QED) is 0.743. The lowest BCUT2D eigenvalue weighted by Crippen LogP contribution is -2.48. The van der Waals surface area contributed by atoms with Gasteiger partial charge in [0, 0.05) is 18.1 Å². The molecule has 0 radical (unpaired) electrons. The Bertz CT molecular complexity index is 762. The molecule has 2 aromatic rings. The van der Waals surface area contributed by atoms with Crippen LogP contribution in [0.25, 0.3) is 0 Å². The van der Waals surface area contributed by atoms with E-state index in [0.717, 1.165) is 11.1 Å². The van der Waals surface area contributed by atoms with Gasteiger partial charge >= 0.3 is 0 Å². The van der Waals surface area contributed by atoms with E-state index in [4.69, 9.17) is 11.6 Å². The minimum absolute atomic E-state index is 0.0895. The van der Waals surface area contributed by atoms with Gasteiger partial charge in [0.1, 0.15) is 6.04 Å². The number of benzene rings is 2. The molecular formula is C22H27ClN2O2. The molecule has 0 aliphatic carbocycles. The third kappa shape index (κ3) is 6.72. The van der Waals surface area contributed by atoms with Crippen molar-refractivity contribution in [2.45, 2.75) is 39.8 Å². The standard InChI is InChI=1S/C22H27ClN2O2/c1-16(2)14-24-22(27)17(3)25(15-19-10-7-11-20(23)12-19)21(26)13-18-8-5-4-6-9-18/h4-12,16-17H,13-15H2,1-3H3,(H,24,27)/t17-/m0/s1. The zero-order chi connectivity index (χ0) is 19.8. The molecule has 27 heavy (non-hydrogen) atoms. The first-order valence-electron chi connectivity index (χ1n) is 9.22. The molecule has 0 aromatic heterocycles. The molecule has 0 aliphatic rings. The number of hydrogen-bond donors (Lipinski definition) is 1. The zero-order valence-corrected chi connectivity index (χ0v) is 16.9. The van der Waals surface area contributed by atoms with Gasteiger partial charge in [0.2, 0.25) is 11.8 Å². The van der Waals surface area contributed by atoms with Gasteiger partial charge in [-0.1, -0.05) is 67.9 Å². The van der Waals surface area contributed by atoms with Crippen LogP contribution in [0.2, 0.25) is 5.02 Å². The van der Waals surface area contributed by atoms with E-state index in [1.54, 1.807) is 17.9 Å². The molecule has 0 saturated heterocycles. The average molecular weight is 387 g/mol. The van der Waals surface area contributed by atoms with Crippen LogP contribution >= 0.6 is 11.6 Å². The summed E-state index contributed by atoms with van der Waals surface area (Å²) in [6.45, 7) is 6.76. The Labute approximate surface area is 166 Å². The van der Waals surface area contributed by atoms with Gasteiger partial charge in [-0.2, -0.15) is 0 Å². The maximum atomic E-state index is 13.0. The first-order valence-corrected chi connectivity index (χ1v) is 9.60. The van der Waals surface area contributed by atoms with Crippen LogP contribution in [0.4, 0.5) is 0 Å². The molecule has 0 fully saturated rings. The highest BCUT2D eigenvalue weighted by Gasteiger charge is 2.26. The van der Waals surface area contributed by atoms with Crippen LogP contribution in [0.5, 0.6) is 0 Å². The lowest BCUT2D eigenvalue weighted by Gasteiger charge is -2.29. The molecule has 144 valence electrons. The summed E-state index contributed by atoms with van der Waals surface area (Å²) in [4.78, 5) is 27.2. The maximum Gasteiger partial charge on any atom is 0.242 e. The molecule has 0 spiro atoms. The summed E-state index contributed by atoms with van der Waals surface area (Å²) in [5.41, 5.74) is 1.82. The second-order valence-electron chi connectivity index (χ2n) is 7.13. The third-order valence-electron chi connectivity index (χ3n) is 4.29. The average Bonchev–Trinajstić information content (AvgIpc) is 2.64. The van der Waals surface area contributed by atoms with Crippen LogP contribution in [0.15, 0.2) is 54.6 Å². The van der Waals surface area contributed by atoms with Gasteiger partial charge in [-0.25, -0.2) is 0 Å². The van der Waals surface area contributed by atoms with Crippen LogP contribution in [0.1, 0.15) is 31.9 Å². The highest BCUT2D eigenvalue weighted by Crippen LogP contribution is 2.16. The molecule has 2 rings (SSSR count). The molecule has 0 saturated carbocycles. The largest absolute Gasteiger partial charge is 0.354 e. The van der Waals surface area contributed by atoms with Crippen molar-refractivity contribution in [3.05, 3.63) is 70.7 Å². The number of rotatable bonds is 8. The summed E-state index contributed by atoms with van der Waals surface area (Å²) in [5, 5.41) is 3.53. The number of nitrogens with one attached hydrogen (secondary N) is 1. The monoisotopic (exact) mass is 386 g/mol. The van der Waals surface area contributed by atoms with E-state index in [1.807, 2.05) is 62.4 Å². The molecule has 0 unspecified atom stereocenters. The Kier molecular flexibility index (Phi) is 7.86. The van der Waals surface area contributed by atoms with Crippen LogP contribution in [0.3, 0.4) is 0 Å². The molecule has 0 heterocycles. The van der Waals surface area contributed by atoms with Gasteiger partial charge in [0.05, 0.1) is 6.42 Å². The fourth-order valence-corrected chi connectivity index (χ4v) is 2.95. The molecule has 1 atom stereocenters. The number of carbonyl (C=O) groups excluding carboxylic acids is 2. The molecule has 0 bridgehead atoms. The number of carbonyl (C=O) groups is 2. The van der Waals surface area contributed by atoms with Crippen LogP contribution in [-0.4, -0.2) is 29.3 Å². The molecule has 1 N–H and O–H groups in total. The van der Waals surface area contributed by atoms with Crippen molar-refractivity contribution in [1.29, 1.82) is 0 Å². The van der Waals surface area contributed by atoms with Crippen molar-refractivity contribution in [1.82, 2.24) is 10.2 Å². The van der Waals surface area contributed by atoms with Gasteiger partial charge in [-0.3, -0.25) is 9.59 Å². The van der Waals surface area contributed by atoms with Gasteiger partial charge in [0.15, 0.2) is 0 Å². The Morgan fingerprint density at radius 2 is 1.67 bits per heavy atom. The Morgan fingerprint density at radius 3 is 2.30 bits per heavy atom. The minimum Gasteiger partial charge on any atom is -0.354 e. The van der Waals surface area contributed by atoms with E-state index < -0.39 is 6.04 Å². The number of hydrogen-bond acceptors (Lipinski definition) is 2. The van der Waals surface area contributed by atoms with E-state index in [9.17, 15) is 9.59 Å². The molecule has 5 heteroatoms. The van der Waals surface area contributed by atoms with Crippen LogP contribution < -0.4 is 5.32 Å². The second-order valence-corrected chi connectivity index (χ2v) is 7.57. The number of halogens is 1. The summed E-state index contributed by atoms with van der Waals surface area (Å²) in [7, 11) is 0. The topological polar surface area (TPSA) is 49.4 Å². The van der Waals surface area contributed by atoms with Crippen LogP contribution in [-0.2, 0) is 22.6 Å². The second kappa shape index (κ2) is 10.1. The number of amides is 2. The van der Waals surface area contributed by atoms with Gasteiger partial charge < -0.3 is 10.2 Å². The van der Waals surface area contributed by atoms with E-state index in [0.29, 0.717) is 24.0 Å². The summed E-state index contributed by atoms with van der Waals surface area (Å²) in [6.07, 6.45) is 0.253. The van der Waals surface area contributed by atoms with E-state index >= 15 is 0 Å². The Balaban J connectivity index is 2.18. The molecule has 2 amide bonds. The Morgan fingerprint density at radius 1 is 1.00 bits per heavy atom. The first-order chi connectivity index (χ1) is 12.9. The van der Waals surface area contributed by atoms with Crippen LogP contribution in [0, 0.1) is 5.92 Å². The summed E-state index contributed by atoms with van der Waals surface area (Å²) in [5.74, 6) is 0.114. The van der Waals surface area contributed by atoms with Crippen molar-refractivity contribution in [3.8, 4) is 0 Å². The maximum absolute atomic E-state index is 13.0. The minimum atomic E-state index is -0.570. The predicted molar refractivity (Wildman–Crippen MR) is 109 cm³/mol. The lowest BCUT2D eigenvalue weighted by molar-refractivity contribution is -0.140. The van der Waals surface area contributed by atoms with Crippen molar-refractivity contribution < 1.29 is 9.59 Å². The zero-order valence-electron chi connectivity index (χ0n) is 16.1. The first kappa shape index (κ1) is 21.0. The third-order valence-corrected chi connectivity index (χ3v) is 4.53. The smallest absolute Gasteiger partial charge is 0.242 e. The van der Waals surface area contributed by atoms with Gasteiger partial charge in [-0.05, 0) is 36.1 Å². The molecule has 2 aromatic carbocycles.